The summed E-state index contributed by atoms with van der Waals surface area (Å²) >= 11 is 5.72. The summed E-state index contributed by atoms with van der Waals surface area (Å²) in [7, 11) is 0. The molecule has 2 N–H and O–H groups in total. The molecule has 0 fully saturated rings. The lowest BCUT2D eigenvalue weighted by Crippen LogP contribution is -2.29. The highest BCUT2D eigenvalue weighted by atomic mass is 35.5. The Morgan fingerprint density at radius 3 is 3.06 bits per heavy atom. The van der Waals surface area contributed by atoms with E-state index in [1.165, 1.54) is 6.20 Å². The molecule has 1 aromatic heterocycles. The van der Waals surface area contributed by atoms with E-state index in [1.54, 1.807) is 13.8 Å². The highest BCUT2D eigenvalue weighted by Crippen LogP contribution is 2.15. The van der Waals surface area contributed by atoms with Crippen LogP contribution in [0, 0.1) is 0 Å². The zero-order valence-electron chi connectivity index (χ0n) is 8.91. The first-order valence-electron chi connectivity index (χ1n) is 4.72. The van der Waals surface area contributed by atoms with E-state index < -0.39 is 17.6 Å². The summed E-state index contributed by atoms with van der Waals surface area (Å²) in [5, 5.41) is 8.45. The summed E-state index contributed by atoms with van der Waals surface area (Å²) in [5.41, 5.74) is -0.214. The lowest BCUT2D eigenvalue weighted by Gasteiger charge is -2.13. The smallest absolute Gasteiger partial charge is 0.328 e. The zero-order valence-corrected chi connectivity index (χ0v) is 9.67. The van der Waals surface area contributed by atoms with Gasteiger partial charge in [0.05, 0.1) is 18.5 Å². The van der Waals surface area contributed by atoms with Gasteiger partial charge in [0.15, 0.2) is 0 Å². The maximum absolute atomic E-state index is 11.3. The van der Waals surface area contributed by atoms with Crippen molar-refractivity contribution in [1.82, 2.24) is 10.2 Å². The van der Waals surface area contributed by atoms with Crippen LogP contribution in [0.25, 0.3) is 0 Å². The van der Waals surface area contributed by atoms with Gasteiger partial charge >= 0.3 is 5.97 Å². The van der Waals surface area contributed by atoms with Crippen molar-refractivity contribution in [2.24, 2.45) is 0 Å². The number of anilines is 1. The fourth-order valence-electron chi connectivity index (χ4n) is 1.04. The van der Waals surface area contributed by atoms with Crippen molar-refractivity contribution in [3.8, 4) is 0 Å². The third kappa shape index (κ3) is 2.96. The molecule has 88 valence electrons. The van der Waals surface area contributed by atoms with Crippen LogP contribution in [0.3, 0.4) is 0 Å². The number of rotatable bonds is 4. The van der Waals surface area contributed by atoms with E-state index in [4.69, 9.17) is 16.3 Å². The fraction of sp³-hybridized carbons (Fsp3) is 0.444. The molecular weight excluding hydrogens is 234 g/mol. The number of esters is 1. The number of H-pyrrole nitrogens is 1. The van der Waals surface area contributed by atoms with E-state index in [0.29, 0.717) is 12.3 Å². The Hall–Kier alpha value is -1.56. The van der Waals surface area contributed by atoms with E-state index in [9.17, 15) is 9.59 Å². The second-order valence-electron chi connectivity index (χ2n) is 3.04. The number of halogens is 1. The average molecular weight is 246 g/mol. The molecule has 0 bridgehead atoms. The monoisotopic (exact) mass is 245 g/mol. The van der Waals surface area contributed by atoms with Crippen LogP contribution in [-0.2, 0) is 9.53 Å². The molecule has 0 amide bonds. The summed E-state index contributed by atoms with van der Waals surface area (Å²) in [5.74, 6) is -0.418. The third-order valence-corrected chi connectivity index (χ3v) is 2.18. The maximum atomic E-state index is 11.3. The molecule has 0 saturated carbocycles. The molecule has 7 heteroatoms. The van der Waals surface area contributed by atoms with Crippen molar-refractivity contribution in [3.05, 3.63) is 21.6 Å². The van der Waals surface area contributed by atoms with Crippen LogP contribution in [0.2, 0.25) is 5.02 Å². The first-order chi connectivity index (χ1) is 7.56. The van der Waals surface area contributed by atoms with Gasteiger partial charge in [-0.25, -0.2) is 9.89 Å². The number of aromatic nitrogens is 2. The van der Waals surface area contributed by atoms with Crippen molar-refractivity contribution in [3.63, 3.8) is 0 Å². The molecule has 0 aromatic carbocycles. The second kappa shape index (κ2) is 5.50. The minimum atomic E-state index is -0.596. The summed E-state index contributed by atoms with van der Waals surface area (Å²) in [6.07, 6.45) is 1.33. The number of hydrogen-bond donors (Lipinski definition) is 2. The van der Waals surface area contributed by atoms with Crippen molar-refractivity contribution in [1.29, 1.82) is 0 Å². The SMILES string of the molecule is CCOC(=O)C(C)Nc1cn[nH]c(=O)c1Cl. The van der Waals surface area contributed by atoms with Gasteiger partial charge < -0.3 is 10.1 Å². The van der Waals surface area contributed by atoms with Crippen LogP contribution in [0.4, 0.5) is 5.69 Å². The quantitative estimate of drug-likeness (QED) is 0.766. The van der Waals surface area contributed by atoms with Crippen LogP contribution in [0.1, 0.15) is 13.8 Å². The van der Waals surface area contributed by atoms with E-state index >= 15 is 0 Å². The maximum Gasteiger partial charge on any atom is 0.328 e. The molecule has 0 saturated heterocycles. The number of ether oxygens (including phenoxy) is 1. The third-order valence-electron chi connectivity index (χ3n) is 1.81. The molecule has 6 nitrogen and oxygen atoms in total. The van der Waals surface area contributed by atoms with Crippen LogP contribution >= 0.6 is 11.6 Å². The molecular formula is C9H12ClN3O3. The van der Waals surface area contributed by atoms with Crippen molar-refractivity contribution >= 4 is 23.3 Å². The molecule has 1 aromatic rings. The Morgan fingerprint density at radius 1 is 1.75 bits per heavy atom. The van der Waals surface area contributed by atoms with Crippen molar-refractivity contribution in [2.75, 3.05) is 11.9 Å². The van der Waals surface area contributed by atoms with Gasteiger partial charge in [-0.1, -0.05) is 11.6 Å². The highest BCUT2D eigenvalue weighted by Gasteiger charge is 2.15. The molecule has 0 aliphatic rings. The molecule has 0 spiro atoms. The van der Waals surface area contributed by atoms with Gasteiger partial charge in [0, 0.05) is 0 Å². The Labute approximate surface area is 97.0 Å². The fourth-order valence-corrected chi connectivity index (χ4v) is 1.19. The number of nitrogens with zero attached hydrogens (tertiary/aromatic N) is 1. The molecule has 0 aliphatic carbocycles. The van der Waals surface area contributed by atoms with Crippen LogP contribution in [-0.4, -0.2) is 28.8 Å². The predicted molar refractivity (Wildman–Crippen MR) is 59.6 cm³/mol. The standard InChI is InChI=1S/C9H12ClN3O3/c1-3-16-9(15)5(2)12-6-4-11-13-8(14)7(6)10/h4-5H,3H2,1-2H3,(H2,12,13,14). The van der Waals surface area contributed by atoms with Crippen LogP contribution < -0.4 is 10.9 Å². The molecule has 1 rings (SSSR count). The lowest BCUT2D eigenvalue weighted by atomic mass is 10.3. The zero-order chi connectivity index (χ0) is 12.1. The lowest BCUT2D eigenvalue weighted by molar-refractivity contribution is -0.143. The van der Waals surface area contributed by atoms with Gasteiger partial charge in [-0.05, 0) is 13.8 Å². The molecule has 0 aliphatic heterocycles. The number of hydrogen-bond acceptors (Lipinski definition) is 5. The Morgan fingerprint density at radius 2 is 2.44 bits per heavy atom. The van der Waals surface area contributed by atoms with Gasteiger partial charge in [0.1, 0.15) is 11.1 Å². The minimum absolute atomic E-state index is 0.0360. The summed E-state index contributed by atoms with van der Waals surface area (Å²) in [6.45, 7) is 3.62. The highest BCUT2D eigenvalue weighted by molar-refractivity contribution is 6.32. The second-order valence-corrected chi connectivity index (χ2v) is 3.42. The predicted octanol–water partition coefficient (Wildman–Crippen LogP) is 0.787. The number of nitrogens with one attached hydrogen (secondary N) is 2. The largest absolute Gasteiger partial charge is 0.464 e. The summed E-state index contributed by atoms with van der Waals surface area (Å²) in [6, 6.07) is -0.596. The van der Waals surface area contributed by atoms with Crippen LogP contribution in [0.15, 0.2) is 11.0 Å². The van der Waals surface area contributed by atoms with E-state index in [0.717, 1.165) is 0 Å². The topological polar surface area (TPSA) is 84.1 Å². The van der Waals surface area contributed by atoms with Gasteiger partial charge in [-0.3, -0.25) is 4.79 Å². The van der Waals surface area contributed by atoms with Crippen molar-refractivity contribution < 1.29 is 9.53 Å². The first-order valence-corrected chi connectivity index (χ1v) is 5.10. The first kappa shape index (κ1) is 12.5. The Kier molecular flexibility index (Phi) is 4.30. The van der Waals surface area contributed by atoms with Gasteiger partial charge in [0.2, 0.25) is 0 Å². The average Bonchev–Trinajstić information content (AvgIpc) is 2.25. The number of carbonyl (C=O) groups excluding carboxylic acids is 1. The summed E-state index contributed by atoms with van der Waals surface area (Å²) < 4.78 is 4.80. The van der Waals surface area contributed by atoms with Gasteiger partial charge in [0.25, 0.3) is 5.56 Å². The van der Waals surface area contributed by atoms with Gasteiger partial charge in [-0.15, -0.1) is 0 Å². The Balaban J connectivity index is 2.77. The van der Waals surface area contributed by atoms with E-state index in [1.807, 2.05) is 0 Å². The number of carbonyl (C=O) groups is 1. The van der Waals surface area contributed by atoms with E-state index in [2.05, 4.69) is 15.5 Å². The summed E-state index contributed by atoms with van der Waals surface area (Å²) in [4.78, 5) is 22.4. The van der Waals surface area contributed by atoms with Crippen LogP contribution in [0.5, 0.6) is 0 Å². The molecule has 1 unspecified atom stereocenters. The minimum Gasteiger partial charge on any atom is -0.464 e. The van der Waals surface area contributed by atoms with E-state index in [-0.39, 0.29) is 5.02 Å². The molecule has 1 heterocycles. The normalized spacial score (nSPS) is 11.9. The Bertz CT molecular complexity index is 432. The van der Waals surface area contributed by atoms with Crippen molar-refractivity contribution in [2.45, 2.75) is 19.9 Å². The number of aromatic amines is 1. The van der Waals surface area contributed by atoms with Gasteiger partial charge in [-0.2, -0.15) is 5.10 Å². The molecule has 16 heavy (non-hydrogen) atoms. The molecule has 0 radical (unpaired) electrons. The molecule has 1 atom stereocenters.